The van der Waals surface area contributed by atoms with Gasteiger partial charge in [-0.2, -0.15) is 0 Å². The molecule has 1 aliphatic rings. The molecule has 0 spiro atoms. The summed E-state index contributed by atoms with van der Waals surface area (Å²) < 4.78 is 13.2. The van der Waals surface area contributed by atoms with Crippen LogP contribution in [0, 0.1) is 5.82 Å². The summed E-state index contributed by atoms with van der Waals surface area (Å²) in [5, 5.41) is 0.714. The van der Waals surface area contributed by atoms with E-state index in [4.69, 9.17) is 16.6 Å². The van der Waals surface area contributed by atoms with Gasteiger partial charge in [-0.25, -0.2) is 4.39 Å². The van der Waals surface area contributed by atoms with Crippen LogP contribution in [0.3, 0.4) is 0 Å². The molecular weight excluding hydrogens is 375 g/mol. The molecule has 0 saturated carbocycles. The Morgan fingerprint density at radius 1 is 1.07 bits per heavy atom. The number of carbonyl (C=O) groups excluding carboxylic acids is 1. The van der Waals surface area contributed by atoms with E-state index in [9.17, 15) is 9.18 Å². The minimum Gasteiger partial charge on any atom is -0.330 e. The Morgan fingerprint density at radius 3 is 2.57 bits per heavy atom. The summed E-state index contributed by atoms with van der Waals surface area (Å²) in [7, 11) is 0. The van der Waals surface area contributed by atoms with Gasteiger partial charge in [-0.05, 0) is 66.9 Å². The molecule has 4 rings (SSSR count). The molecule has 0 aliphatic carbocycles. The topological polar surface area (TPSA) is 33.2 Å². The average Bonchev–Trinajstić information content (AvgIpc) is 3.20. The molecule has 3 nitrogen and oxygen atoms in total. The highest BCUT2D eigenvalue weighted by Gasteiger charge is 2.31. The third kappa shape index (κ3) is 4.07. The maximum atomic E-state index is 13.2. The lowest BCUT2D eigenvalue weighted by atomic mass is 10.1. The number of benzene rings is 2. The first-order valence-electron chi connectivity index (χ1n) is 9.37. The first kappa shape index (κ1) is 18.6. The number of aromatic nitrogens is 1. The molecule has 0 unspecified atom stereocenters. The lowest BCUT2D eigenvalue weighted by molar-refractivity contribution is 0.0732. The molecule has 0 bridgehead atoms. The van der Waals surface area contributed by atoms with Crippen LogP contribution in [-0.4, -0.2) is 22.3 Å². The molecule has 2 heterocycles. The van der Waals surface area contributed by atoms with E-state index < -0.39 is 0 Å². The van der Waals surface area contributed by atoms with Crippen molar-refractivity contribution in [1.82, 2.24) is 9.88 Å². The fourth-order valence-corrected chi connectivity index (χ4v) is 3.80. The number of nitrogens with zero attached hydrogens (tertiary/aromatic N) is 2. The quantitative estimate of drug-likeness (QED) is 0.590. The van der Waals surface area contributed by atoms with E-state index in [-0.39, 0.29) is 17.8 Å². The zero-order valence-electron chi connectivity index (χ0n) is 15.3. The Morgan fingerprint density at radius 2 is 1.82 bits per heavy atom. The molecule has 1 atom stereocenters. The van der Waals surface area contributed by atoms with Gasteiger partial charge >= 0.3 is 0 Å². The van der Waals surface area contributed by atoms with Crippen molar-refractivity contribution in [2.45, 2.75) is 25.3 Å². The number of carbonyl (C=O) groups is 1. The van der Waals surface area contributed by atoms with E-state index in [1.165, 1.54) is 24.3 Å². The smallest absolute Gasteiger partial charge is 0.254 e. The Balaban J connectivity index is 1.55. The zero-order valence-corrected chi connectivity index (χ0v) is 16.1. The van der Waals surface area contributed by atoms with Gasteiger partial charge in [0, 0.05) is 29.2 Å². The minimum absolute atomic E-state index is 0.0530. The molecular formula is C23H20ClFN2O. The molecule has 0 N–H and O–H groups in total. The monoisotopic (exact) mass is 394 g/mol. The Kier molecular flexibility index (Phi) is 5.40. The van der Waals surface area contributed by atoms with Crippen molar-refractivity contribution in [1.29, 1.82) is 0 Å². The first-order valence-corrected chi connectivity index (χ1v) is 9.75. The SMILES string of the molecule is O=C(c1ccc(F)cc1)N1CCC[C@H]1c1cccc(Cc2ccc(Cl)cc2)n1. The third-order valence-corrected chi connectivity index (χ3v) is 5.33. The van der Waals surface area contributed by atoms with Crippen LogP contribution in [0.1, 0.15) is 46.2 Å². The largest absolute Gasteiger partial charge is 0.330 e. The van der Waals surface area contributed by atoms with E-state index in [1.807, 2.05) is 47.4 Å². The van der Waals surface area contributed by atoms with Gasteiger partial charge in [0.2, 0.25) is 0 Å². The van der Waals surface area contributed by atoms with Gasteiger partial charge in [-0.3, -0.25) is 9.78 Å². The maximum Gasteiger partial charge on any atom is 0.254 e. The van der Waals surface area contributed by atoms with E-state index in [0.29, 0.717) is 23.6 Å². The van der Waals surface area contributed by atoms with Gasteiger partial charge in [-0.1, -0.05) is 29.8 Å². The summed E-state index contributed by atoms with van der Waals surface area (Å²) in [5.74, 6) is -0.418. The van der Waals surface area contributed by atoms with Crippen LogP contribution in [0.25, 0.3) is 0 Å². The van der Waals surface area contributed by atoms with E-state index >= 15 is 0 Å². The standard InChI is InChI=1S/C23H20ClFN2O/c24-18-10-6-16(7-11-18)15-20-3-1-4-21(26-20)22-5-2-14-27(22)23(28)17-8-12-19(25)13-9-17/h1,3-4,6-13,22H,2,5,14-15H2/t22-/m0/s1. The molecule has 1 aliphatic heterocycles. The fourth-order valence-electron chi connectivity index (χ4n) is 3.67. The predicted octanol–water partition coefficient (Wildman–Crippen LogP) is 5.44. The molecule has 0 radical (unpaired) electrons. The molecule has 1 saturated heterocycles. The Bertz CT molecular complexity index is 973. The zero-order chi connectivity index (χ0) is 19.5. The van der Waals surface area contributed by atoms with Crippen molar-refractivity contribution in [2.24, 2.45) is 0 Å². The summed E-state index contributed by atoms with van der Waals surface area (Å²) in [6.07, 6.45) is 2.52. The second-order valence-electron chi connectivity index (χ2n) is 7.02. The summed E-state index contributed by atoms with van der Waals surface area (Å²) in [4.78, 5) is 19.6. The number of hydrogen-bond acceptors (Lipinski definition) is 2. The van der Waals surface area contributed by atoms with Gasteiger partial charge in [0.15, 0.2) is 0 Å². The summed E-state index contributed by atoms with van der Waals surface area (Å²) in [6, 6.07) is 19.4. The first-order chi connectivity index (χ1) is 13.6. The number of likely N-dealkylation sites (tertiary alicyclic amines) is 1. The fraction of sp³-hybridized carbons (Fsp3) is 0.217. The van der Waals surface area contributed by atoms with Crippen LogP contribution in [0.15, 0.2) is 66.7 Å². The Hall–Kier alpha value is -2.72. The highest BCUT2D eigenvalue weighted by Crippen LogP contribution is 2.32. The number of rotatable bonds is 4. The number of hydrogen-bond donors (Lipinski definition) is 0. The average molecular weight is 395 g/mol. The van der Waals surface area contributed by atoms with E-state index in [0.717, 1.165) is 29.8 Å². The molecule has 1 aromatic heterocycles. The van der Waals surface area contributed by atoms with Crippen LogP contribution in [-0.2, 0) is 6.42 Å². The van der Waals surface area contributed by atoms with Crippen molar-refractivity contribution in [3.8, 4) is 0 Å². The minimum atomic E-state index is -0.342. The summed E-state index contributed by atoms with van der Waals surface area (Å²) >= 11 is 5.96. The van der Waals surface area contributed by atoms with Crippen LogP contribution >= 0.6 is 11.6 Å². The van der Waals surface area contributed by atoms with Crippen molar-refractivity contribution in [3.05, 3.63) is 100 Å². The van der Waals surface area contributed by atoms with Gasteiger partial charge in [0.25, 0.3) is 5.91 Å². The predicted molar refractivity (Wildman–Crippen MR) is 108 cm³/mol. The second-order valence-corrected chi connectivity index (χ2v) is 7.46. The summed E-state index contributed by atoms with van der Waals surface area (Å²) in [6.45, 7) is 0.684. The van der Waals surface area contributed by atoms with Crippen LogP contribution in [0.5, 0.6) is 0 Å². The lowest BCUT2D eigenvalue weighted by Gasteiger charge is -2.25. The van der Waals surface area contributed by atoms with Gasteiger partial charge in [0.05, 0.1) is 11.7 Å². The van der Waals surface area contributed by atoms with Crippen LogP contribution in [0.2, 0.25) is 5.02 Å². The molecule has 3 aromatic rings. The van der Waals surface area contributed by atoms with Crippen molar-refractivity contribution in [2.75, 3.05) is 6.54 Å². The maximum absolute atomic E-state index is 13.2. The lowest BCUT2D eigenvalue weighted by Crippen LogP contribution is -2.31. The van der Waals surface area contributed by atoms with Crippen molar-refractivity contribution in [3.63, 3.8) is 0 Å². The van der Waals surface area contributed by atoms with E-state index in [1.54, 1.807) is 0 Å². The van der Waals surface area contributed by atoms with Gasteiger partial charge < -0.3 is 4.90 Å². The number of pyridine rings is 1. The van der Waals surface area contributed by atoms with Gasteiger partial charge in [0.1, 0.15) is 5.82 Å². The van der Waals surface area contributed by atoms with E-state index in [2.05, 4.69) is 0 Å². The molecule has 142 valence electrons. The van der Waals surface area contributed by atoms with Crippen molar-refractivity contribution >= 4 is 17.5 Å². The summed E-state index contributed by atoms with van der Waals surface area (Å²) in [5.41, 5.74) is 3.51. The molecule has 2 aromatic carbocycles. The second kappa shape index (κ2) is 8.11. The van der Waals surface area contributed by atoms with Gasteiger partial charge in [-0.15, -0.1) is 0 Å². The highest BCUT2D eigenvalue weighted by atomic mass is 35.5. The van der Waals surface area contributed by atoms with Crippen LogP contribution < -0.4 is 0 Å². The molecule has 1 amide bonds. The molecule has 1 fully saturated rings. The normalized spacial score (nSPS) is 16.4. The van der Waals surface area contributed by atoms with Crippen LogP contribution in [0.4, 0.5) is 4.39 Å². The molecule has 5 heteroatoms. The van der Waals surface area contributed by atoms with Crippen molar-refractivity contribution < 1.29 is 9.18 Å². The number of amides is 1. The number of halogens is 2. The Labute approximate surface area is 168 Å². The molecule has 28 heavy (non-hydrogen) atoms. The highest BCUT2D eigenvalue weighted by molar-refractivity contribution is 6.30. The third-order valence-electron chi connectivity index (χ3n) is 5.07.